The molecule has 86 valence electrons. The Morgan fingerprint density at radius 3 is 1.56 bits per heavy atom. The van der Waals surface area contributed by atoms with Crippen molar-refractivity contribution in [3.63, 3.8) is 0 Å². The first-order chi connectivity index (χ1) is 9.59. The Balaban J connectivity index is 2.63. The number of aldehydes is 2. The minimum Gasteiger partial charge on any atom is -0.298 e. The highest BCUT2D eigenvalue weighted by Crippen LogP contribution is 2.29. The van der Waals surface area contributed by atoms with Gasteiger partial charge in [0.15, 0.2) is 12.5 Å². The lowest BCUT2D eigenvalue weighted by Gasteiger charge is -2.08. The summed E-state index contributed by atoms with van der Waals surface area (Å²) in [5, 5.41) is 2.70. The summed E-state index contributed by atoms with van der Waals surface area (Å²) < 4.78 is 14.8. The SMILES string of the molecule is [2H]C(=O)c1cccc2ccc3cccc(C([2H])=O)c3c12. The van der Waals surface area contributed by atoms with E-state index in [1.54, 1.807) is 24.3 Å². The Hall–Kier alpha value is -2.48. The van der Waals surface area contributed by atoms with Crippen LogP contribution in [-0.2, 0) is 0 Å². The molecule has 18 heavy (non-hydrogen) atoms. The predicted molar refractivity (Wildman–Crippen MR) is 72.2 cm³/mol. The molecule has 3 rings (SSSR count). The Morgan fingerprint density at radius 1 is 0.722 bits per heavy atom. The lowest BCUT2D eigenvalue weighted by Crippen LogP contribution is -1.89. The average Bonchev–Trinajstić information content (AvgIpc) is 2.45. The molecule has 2 nitrogen and oxygen atoms in total. The van der Waals surface area contributed by atoms with Gasteiger partial charge in [-0.2, -0.15) is 0 Å². The molecule has 0 bridgehead atoms. The van der Waals surface area contributed by atoms with Crippen molar-refractivity contribution in [3.05, 3.63) is 59.7 Å². The van der Waals surface area contributed by atoms with Crippen LogP contribution in [0.5, 0.6) is 0 Å². The molecule has 0 heterocycles. The molecule has 2 heteroatoms. The summed E-state index contributed by atoms with van der Waals surface area (Å²) in [4.78, 5) is 23.0. The zero-order valence-corrected chi connectivity index (χ0v) is 9.44. The minimum atomic E-state index is -0.796. The normalized spacial score (nSPS) is 12.2. The van der Waals surface area contributed by atoms with Crippen LogP contribution in [0.15, 0.2) is 48.5 Å². The molecule has 0 aliphatic carbocycles. The summed E-state index contributed by atoms with van der Waals surface area (Å²) in [6.45, 7) is 0. The molecular weight excluding hydrogens is 224 g/mol. The Kier molecular flexibility index (Phi) is 1.94. The number of hydrogen-bond acceptors (Lipinski definition) is 2. The Bertz CT molecular complexity index is 796. The Morgan fingerprint density at radius 2 is 1.17 bits per heavy atom. The highest BCUT2D eigenvalue weighted by Gasteiger charge is 2.08. The standard InChI is InChI=1S/C16H10O2/c17-9-13-5-1-3-11-7-8-12-4-2-6-14(10-18)16(12)15(11)13/h1-10H/i9D,10D. The predicted octanol–water partition coefficient (Wildman–Crippen LogP) is 3.62. The lowest BCUT2D eigenvalue weighted by atomic mass is 9.95. The van der Waals surface area contributed by atoms with Crippen molar-refractivity contribution in [2.45, 2.75) is 0 Å². The van der Waals surface area contributed by atoms with E-state index in [9.17, 15) is 9.59 Å². The van der Waals surface area contributed by atoms with Gasteiger partial charge in [0.05, 0.1) is 0 Å². The van der Waals surface area contributed by atoms with Crippen LogP contribution < -0.4 is 0 Å². The summed E-state index contributed by atoms with van der Waals surface area (Å²) in [5.41, 5.74) is 0.503. The number of hydrogen-bond donors (Lipinski definition) is 0. The molecular formula is C16H10O2. The number of rotatable bonds is 2. The van der Waals surface area contributed by atoms with Crippen LogP contribution in [0.3, 0.4) is 0 Å². The molecule has 0 amide bonds. The maximum absolute atomic E-state index is 11.5. The quantitative estimate of drug-likeness (QED) is 0.503. The summed E-state index contributed by atoms with van der Waals surface area (Å²) in [5.74, 6) is 0. The van der Waals surface area contributed by atoms with Gasteiger partial charge in [0, 0.05) is 21.9 Å². The van der Waals surface area contributed by atoms with Gasteiger partial charge in [-0.05, 0) is 10.8 Å². The smallest absolute Gasteiger partial charge is 0.150 e. The molecule has 0 atom stereocenters. The molecule has 0 saturated carbocycles. The van der Waals surface area contributed by atoms with Gasteiger partial charge in [0.2, 0.25) is 0 Å². The van der Waals surface area contributed by atoms with Gasteiger partial charge in [0.1, 0.15) is 2.74 Å². The second-order valence-electron chi connectivity index (χ2n) is 4.08. The van der Waals surface area contributed by atoms with Crippen molar-refractivity contribution in [3.8, 4) is 0 Å². The first-order valence-electron chi connectivity index (χ1n) is 6.56. The van der Waals surface area contributed by atoms with Crippen molar-refractivity contribution in [1.29, 1.82) is 0 Å². The summed E-state index contributed by atoms with van der Waals surface area (Å²) in [7, 11) is 0. The van der Waals surface area contributed by atoms with Crippen LogP contribution in [0, 0.1) is 0 Å². The van der Waals surface area contributed by atoms with Gasteiger partial charge in [-0.15, -0.1) is 0 Å². The average molecular weight is 236 g/mol. The van der Waals surface area contributed by atoms with Crippen molar-refractivity contribution in [2.75, 3.05) is 0 Å². The number of carbonyl (C=O) groups is 2. The van der Waals surface area contributed by atoms with Crippen molar-refractivity contribution < 1.29 is 12.3 Å². The zero-order chi connectivity index (χ0) is 14.3. The molecule has 3 aromatic rings. The molecule has 3 aromatic carbocycles. The molecule has 0 aromatic heterocycles. The van der Waals surface area contributed by atoms with Crippen molar-refractivity contribution >= 4 is 34.1 Å². The zero-order valence-electron chi connectivity index (χ0n) is 11.4. The van der Waals surface area contributed by atoms with Crippen LogP contribution >= 0.6 is 0 Å². The molecule has 0 spiro atoms. The van der Waals surface area contributed by atoms with Gasteiger partial charge in [-0.1, -0.05) is 48.5 Å². The Labute approximate surface area is 107 Å². The third kappa shape index (κ3) is 1.43. The highest BCUT2D eigenvalue weighted by molar-refractivity contribution is 6.18. The first kappa shape index (κ1) is 8.59. The van der Waals surface area contributed by atoms with Gasteiger partial charge in [-0.3, -0.25) is 9.59 Å². The minimum absolute atomic E-state index is 0.252. The second kappa shape index (κ2) is 4.08. The molecule has 0 saturated heterocycles. The van der Waals surface area contributed by atoms with E-state index in [0.717, 1.165) is 10.8 Å². The van der Waals surface area contributed by atoms with E-state index in [-0.39, 0.29) is 11.1 Å². The monoisotopic (exact) mass is 236 g/mol. The van der Waals surface area contributed by atoms with E-state index in [2.05, 4.69) is 0 Å². The summed E-state index contributed by atoms with van der Waals surface area (Å²) in [6.07, 6.45) is -1.59. The van der Waals surface area contributed by atoms with Crippen LogP contribution in [-0.4, -0.2) is 12.5 Å². The second-order valence-corrected chi connectivity index (χ2v) is 4.08. The van der Waals surface area contributed by atoms with Gasteiger partial charge in [-0.25, -0.2) is 0 Å². The van der Waals surface area contributed by atoms with E-state index in [0.29, 0.717) is 10.8 Å². The fraction of sp³-hybridized carbons (Fsp3) is 0. The van der Waals surface area contributed by atoms with Crippen LogP contribution in [0.25, 0.3) is 21.5 Å². The molecule has 0 fully saturated rings. The van der Waals surface area contributed by atoms with Gasteiger partial charge in [0.25, 0.3) is 0 Å². The topological polar surface area (TPSA) is 34.1 Å². The van der Waals surface area contributed by atoms with Crippen LogP contribution in [0.1, 0.15) is 23.5 Å². The van der Waals surface area contributed by atoms with Gasteiger partial charge < -0.3 is 0 Å². The maximum atomic E-state index is 11.5. The highest BCUT2D eigenvalue weighted by atomic mass is 16.1. The van der Waals surface area contributed by atoms with E-state index in [1.807, 2.05) is 24.3 Å². The van der Waals surface area contributed by atoms with Crippen molar-refractivity contribution in [2.24, 2.45) is 0 Å². The van der Waals surface area contributed by atoms with Gasteiger partial charge >= 0.3 is 0 Å². The van der Waals surface area contributed by atoms with E-state index in [4.69, 9.17) is 2.74 Å². The van der Waals surface area contributed by atoms with E-state index >= 15 is 0 Å². The largest absolute Gasteiger partial charge is 0.298 e. The molecule has 0 aliphatic heterocycles. The summed E-state index contributed by atoms with van der Waals surface area (Å²) >= 11 is 0. The van der Waals surface area contributed by atoms with Crippen LogP contribution in [0.2, 0.25) is 0 Å². The third-order valence-corrected chi connectivity index (χ3v) is 3.11. The van der Waals surface area contributed by atoms with E-state index in [1.165, 1.54) is 0 Å². The lowest BCUT2D eigenvalue weighted by molar-refractivity contribution is 0.111. The number of carbonyl (C=O) groups excluding carboxylic acids is 2. The first-order valence-corrected chi connectivity index (χ1v) is 5.56. The van der Waals surface area contributed by atoms with E-state index < -0.39 is 12.5 Å². The molecule has 0 N–H and O–H groups in total. The summed E-state index contributed by atoms with van der Waals surface area (Å²) in [6, 6.07) is 13.9. The van der Waals surface area contributed by atoms with Crippen LogP contribution in [0.4, 0.5) is 0 Å². The maximum Gasteiger partial charge on any atom is 0.150 e. The third-order valence-electron chi connectivity index (χ3n) is 3.11. The number of fused-ring (bicyclic) bond motifs is 3. The fourth-order valence-electron chi connectivity index (χ4n) is 2.33. The molecule has 0 radical (unpaired) electrons. The number of benzene rings is 3. The fourth-order valence-corrected chi connectivity index (χ4v) is 2.33. The van der Waals surface area contributed by atoms with Crippen molar-refractivity contribution in [1.82, 2.24) is 0 Å². The molecule has 0 aliphatic rings. The molecule has 0 unspecified atom stereocenters.